The fourth-order valence-corrected chi connectivity index (χ4v) is 4.11. The molecule has 0 saturated carbocycles. The maximum absolute atomic E-state index is 11.8. The van der Waals surface area contributed by atoms with Gasteiger partial charge in [-0.3, -0.25) is 0 Å². The lowest BCUT2D eigenvalue weighted by molar-refractivity contribution is -0.135. The summed E-state index contributed by atoms with van der Waals surface area (Å²) in [6.45, 7) is 4.25. The van der Waals surface area contributed by atoms with Crippen LogP contribution in [-0.2, 0) is 9.53 Å². The largest absolute Gasteiger partial charge is 0.465 e. The molecule has 2 heterocycles. The Morgan fingerprint density at radius 1 is 1.17 bits per heavy atom. The molecule has 23 heavy (non-hydrogen) atoms. The number of piperidine rings is 1. The third kappa shape index (κ3) is 2.84. The Bertz CT molecular complexity index is 678. The number of methoxy groups -OCH3 is 1. The molecule has 0 radical (unpaired) electrons. The van der Waals surface area contributed by atoms with Crippen molar-refractivity contribution < 1.29 is 9.53 Å². The second-order valence-corrected chi connectivity index (χ2v) is 6.63. The van der Waals surface area contributed by atoms with Gasteiger partial charge in [-0.15, -0.1) is 0 Å². The third-order valence-electron chi connectivity index (χ3n) is 4.94. The van der Waals surface area contributed by atoms with Crippen molar-refractivity contribution in [3.8, 4) is 6.07 Å². The molecule has 0 unspecified atom stereocenters. The van der Waals surface area contributed by atoms with Crippen LogP contribution < -0.4 is 4.90 Å². The van der Waals surface area contributed by atoms with Crippen molar-refractivity contribution >= 4 is 11.7 Å². The van der Waals surface area contributed by atoms with E-state index in [0.717, 1.165) is 31.3 Å². The summed E-state index contributed by atoms with van der Waals surface area (Å²) in [5.74, 6) is -0.498. The zero-order valence-corrected chi connectivity index (χ0v) is 13.9. The van der Waals surface area contributed by atoms with Gasteiger partial charge in [0.2, 0.25) is 0 Å². The summed E-state index contributed by atoms with van der Waals surface area (Å²) in [5.41, 5.74) is 4.99. The lowest BCUT2D eigenvalue weighted by Crippen LogP contribution is -2.41. The first-order valence-electron chi connectivity index (χ1n) is 8.10. The molecule has 3 rings (SSSR count). The number of fused-ring (bicyclic) bond motifs is 2. The highest BCUT2D eigenvalue weighted by molar-refractivity contribution is 5.93. The average molecular weight is 310 g/mol. The van der Waals surface area contributed by atoms with Gasteiger partial charge in [0, 0.05) is 17.8 Å². The second kappa shape index (κ2) is 6.08. The van der Waals surface area contributed by atoms with Crippen LogP contribution in [0.3, 0.4) is 0 Å². The van der Waals surface area contributed by atoms with Crippen LogP contribution in [0.25, 0.3) is 0 Å². The fourth-order valence-electron chi connectivity index (χ4n) is 4.11. The molecule has 0 aromatic heterocycles. The van der Waals surface area contributed by atoms with Gasteiger partial charge in [-0.25, -0.2) is 4.79 Å². The van der Waals surface area contributed by atoms with Gasteiger partial charge in [-0.05, 0) is 68.4 Å². The molecule has 0 spiro atoms. The fraction of sp³-hybridized carbons (Fsp3) is 0.474. The number of hydrogen-bond donors (Lipinski definition) is 0. The van der Waals surface area contributed by atoms with Gasteiger partial charge < -0.3 is 9.64 Å². The molecule has 2 aliphatic rings. The van der Waals surface area contributed by atoms with E-state index < -0.39 is 5.97 Å². The van der Waals surface area contributed by atoms with Crippen LogP contribution in [0.2, 0.25) is 0 Å². The summed E-state index contributed by atoms with van der Waals surface area (Å²) in [4.78, 5) is 14.3. The van der Waals surface area contributed by atoms with Crippen molar-refractivity contribution in [3.05, 3.63) is 40.5 Å². The molecule has 2 aliphatic heterocycles. The van der Waals surface area contributed by atoms with Gasteiger partial charge in [-0.2, -0.15) is 5.26 Å². The lowest BCUT2D eigenvalue weighted by atomic mass is 9.92. The maximum atomic E-state index is 11.8. The summed E-state index contributed by atoms with van der Waals surface area (Å²) in [6.07, 6.45) is 3.78. The van der Waals surface area contributed by atoms with E-state index in [1.807, 2.05) is 0 Å². The van der Waals surface area contributed by atoms with Crippen molar-refractivity contribution in [2.45, 2.75) is 51.6 Å². The molecular formula is C19H22N2O2. The van der Waals surface area contributed by atoms with Crippen molar-refractivity contribution in [2.24, 2.45) is 0 Å². The first-order chi connectivity index (χ1) is 11.0. The normalized spacial score (nSPS) is 25.0. The molecule has 0 amide bonds. The summed E-state index contributed by atoms with van der Waals surface area (Å²) in [5, 5.41) is 9.31. The zero-order valence-electron chi connectivity index (χ0n) is 13.9. The van der Waals surface area contributed by atoms with E-state index in [1.54, 1.807) is 0 Å². The van der Waals surface area contributed by atoms with Gasteiger partial charge in [0.15, 0.2) is 0 Å². The Kier molecular flexibility index (Phi) is 4.12. The molecule has 1 aromatic rings. The van der Waals surface area contributed by atoms with Crippen LogP contribution in [0.1, 0.15) is 36.8 Å². The molecule has 4 heteroatoms. The number of anilines is 1. The number of esters is 1. The quantitative estimate of drug-likeness (QED) is 0.477. The Hall–Kier alpha value is -2.28. The Morgan fingerprint density at radius 3 is 2.22 bits per heavy atom. The van der Waals surface area contributed by atoms with Crippen LogP contribution in [-0.4, -0.2) is 25.2 Å². The van der Waals surface area contributed by atoms with Crippen LogP contribution in [0.4, 0.5) is 5.69 Å². The van der Waals surface area contributed by atoms with Gasteiger partial charge >= 0.3 is 5.97 Å². The second-order valence-electron chi connectivity index (χ2n) is 6.63. The lowest BCUT2D eigenvalue weighted by Gasteiger charge is -2.38. The van der Waals surface area contributed by atoms with E-state index in [0.29, 0.717) is 12.1 Å². The molecule has 2 bridgehead atoms. The summed E-state index contributed by atoms with van der Waals surface area (Å²) in [6, 6.07) is 9.45. The van der Waals surface area contributed by atoms with Crippen molar-refractivity contribution in [3.63, 3.8) is 0 Å². The predicted octanol–water partition coefficient (Wildman–Crippen LogP) is 3.43. The summed E-state index contributed by atoms with van der Waals surface area (Å²) in [7, 11) is 1.33. The van der Waals surface area contributed by atoms with Crippen LogP contribution >= 0.6 is 0 Å². The number of hydrogen-bond acceptors (Lipinski definition) is 4. The van der Waals surface area contributed by atoms with E-state index in [9.17, 15) is 10.1 Å². The van der Waals surface area contributed by atoms with E-state index >= 15 is 0 Å². The highest BCUT2D eigenvalue weighted by Crippen LogP contribution is 2.42. The number of rotatable bonds is 2. The van der Waals surface area contributed by atoms with Gasteiger partial charge in [0.1, 0.15) is 11.6 Å². The standard InChI is InChI=1S/C19H22N2O2/c1-12-6-13(2)8-17(7-12)21-15-4-5-16(21)10-14(9-15)18(11-20)19(22)23-3/h6-8,15-16H,4-5,9-10H2,1-3H3/t15-,16+. The first-order valence-corrected chi connectivity index (χ1v) is 8.10. The van der Waals surface area contributed by atoms with Crippen molar-refractivity contribution in [1.82, 2.24) is 0 Å². The topological polar surface area (TPSA) is 53.3 Å². The van der Waals surface area contributed by atoms with E-state index in [-0.39, 0.29) is 5.57 Å². The number of aryl methyl sites for hydroxylation is 2. The van der Waals surface area contributed by atoms with Gasteiger partial charge in [0.25, 0.3) is 0 Å². The minimum Gasteiger partial charge on any atom is -0.465 e. The minimum absolute atomic E-state index is 0.212. The third-order valence-corrected chi connectivity index (χ3v) is 4.94. The van der Waals surface area contributed by atoms with Crippen LogP contribution in [0, 0.1) is 25.2 Å². The maximum Gasteiger partial charge on any atom is 0.348 e. The highest BCUT2D eigenvalue weighted by atomic mass is 16.5. The molecule has 2 saturated heterocycles. The summed E-state index contributed by atoms with van der Waals surface area (Å²) < 4.78 is 4.76. The molecule has 4 nitrogen and oxygen atoms in total. The molecule has 1 aromatic carbocycles. The first kappa shape index (κ1) is 15.6. The SMILES string of the molecule is COC(=O)C(C#N)=C1C[C@H]2CC[C@@H](C1)N2c1cc(C)cc(C)c1. The smallest absolute Gasteiger partial charge is 0.348 e. The monoisotopic (exact) mass is 310 g/mol. The van der Waals surface area contributed by atoms with E-state index in [2.05, 4.69) is 43.0 Å². The Labute approximate surface area is 137 Å². The van der Waals surface area contributed by atoms with Crippen LogP contribution in [0.5, 0.6) is 0 Å². The van der Waals surface area contributed by atoms with Gasteiger partial charge in [-0.1, -0.05) is 6.07 Å². The number of carbonyl (C=O) groups excluding carboxylic acids is 1. The number of ether oxygens (including phenoxy) is 1. The number of nitriles is 1. The molecule has 2 fully saturated rings. The molecular weight excluding hydrogens is 288 g/mol. The number of benzene rings is 1. The van der Waals surface area contributed by atoms with E-state index in [1.165, 1.54) is 23.9 Å². The van der Waals surface area contributed by atoms with Crippen LogP contribution in [0.15, 0.2) is 29.3 Å². The molecule has 0 N–H and O–H groups in total. The summed E-state index contributed by atoms with van der Waals surface area (Å²) >= 11 is 0. The molecule has 0 aliphatic carbocycles. The number of carbonyl (C=O) groups is 1. The minimum atomic E-state index is -0.498. The van der Waals surface area contributed by atoms with E-state index in [4.69, 9.17) is 4.74 Å². The van der Waals surface area contributed by atoms with Crippen molar-refractivity contribution in [2.75, 3.05) is 12.0 Å². The van der Waals surface area contributed by atoms with Crippen molar-refractivity contribution in [1.29, 1.82) is 5.26 Å². The highest BCUT2D eigenvalue weighted by Gasteiger charge is 2.40. The Morgan fingerprint density at radius 2 is 1.74 bits per heavy atom. The van der Waals surface area contributed by atoms with Gasteiger partial charge in [0.05, 0.1) is 7.11 Å². The number of nitrogens with zero attached hydrogens (tertiary/aromatic N) is 2. The average Bonchev–Trinajstić information content (AvgIpc) is 2.77. The molecule has 2 atom stereocenters. The molecule has 120 valence electrons. The zero-order chi connectivity index (χ0) is 16.6. The predicted molar refractivity (Wildman–Crippen MR) is 89.1 cm³/mol. The Balaban J connectivity index is 1.92.